The Morgan fingerprint density at radius 2 is 2.31 bits per heavy atom. The highest BCUT2D eigenvalue weighted by Crippen LogP contribution is 2.43. The summed E-state index contributed by atoms with van der Waals surface area (Å²) in [5.41, 5.74) is 0.847. The van der Waals surface area contributed by atoms with E-state index >= 15 is 0 Å². The molecule has 16 heavy (non-hydrogen) atoms. The van der Waals surface area contributed by atoms with Crippen LogP contribution in [0.5, 0.6) is 5.75 Å². The van der Waals surface area contributed by atoms with Gasteiger partial charge >= 0.3 is 5.97 Å². The number of hydrogen-bond donors (Lipinski definition) is 1. The topological polar surface area (TPSA) is 80.8 Å². The van der Waals surface area contributed by atoms with Crippen molar-refractivity contribution >= 4 is 33.2 Å². The maximum atomic E-state index is 11.0. The first-order valence-electron chi connectivity index (χ1n) is 4.30. The normalized spacial score (nSPS) is 10.4. The lowest BCUT2D eigenvalue weighted by atomic mass is 10.3. The molecule has 0 aliphatic heterocycles. The van der Waals surface area contributed by atoms with Crippen molar-refractivity contribution in [3.63, 3.8) is 0 Å². The Hall–Kier alpha value is -1.28. The second-order valence-corrected chi connectivity index (χ2v) is 5.33. The Balaban J connectivity index is 2.52. The van der Waals surface area contributed by atoms with Crippen molar-refractivity contribution in [3.05, 3.63) is 9.35 Å². The first-order chi connectivity index (χ1) is 7.59. The second kappa shape index (κ2) is 4.30. The monoisotopic (exact) mass is 302 g/mol. The third-order valence-electron chi connectivity index (χ3n) is 1.83. The Kier molecular flexibility index (Phi) is 3.01. The summed E-state index contributed by atoms with van der Waals surface area (Å²) >= 11 is 4.78. The van der Waals surface area contributed by atoms with Gasteiger partial charge in [-0.05, 0) is 28.1 Å². The number of halogens is 1. The highest BCUT2D eigenvalue weighted by Gasteiger charge is 2.20. The predicted octanol–water partition coefficient (Wildman–Crippen LogP) is 1.92. The fourth-order valence-corrected chi connectivity index (χ4v) is 2.70. The zero-order valence-corrected chi connectivity index (χ0v) is 10.8. The molecule has 0 fully saturated rings. The molecule has 2 aromatic heterocycles. The number of carbonyl (C=O) groups is 1. The Labute approximate surface area is 103 Å². The number of aromatic amines is 1. The van der Waals surface area contributed by atoms with Crippen LogP contribution >= 0.6 is 27.3 Å². The van der Waals surface area contributed by atoms with Crippen LogP contribution < -0.4 is 4.74 Å². The standard InChI is InChI=1S/C8H7BrN4O2S/c1-3-5(15-4(2)14)6(16-7(3)9)8-10-12-13-11-8/h1-2H3,(H,10,11,12,13). The van der Waals surface area contributed by atoms with Crippen molar-refractivity contribution in [2.75, 3.05) is 0 Å². The molecule has 2 rings (SSSR count). The molecule has 0 saturated carbocycles. The molecule has 2 heterocycles. The Morgan fingerprint density at radius 3 is 2.88 bits per heavy atom. The largest absolute Gasteiger partial charge is 0.425 e. The minimum Gasteiger partial charge on any atom is -0.425 e. The summed E-state index contributed by atoms with van der Waals surface area (Å²) in [6.07, 6.45) is 0. The van der Waals surface area contributed by atoms with Gasteiger partial charge in [-0.3, -0.25) is 4.79 Å². The van der Waals surface area contributed by atoms with Gasteiger partial charge in [-0.2, -0.15) is 5.21 Å². The molecule has 6 nitrogen and oxygen atoms in total. The summed E-state index contributed by atoms with van der Waals surface area (Å²) in [7, 11) is 0. The molecule has 0 amide bonds. The van der Waals surface area contributed by atoms with Crippen molar-refractivity contribution in [1.82, 2.24) is 20.6 Å². The van der Waals surface area contributed by atoms with Crippen LogP contribution in [0.3, 0.4) is 0 Å². The molecule has 0 unspecified atom stereocenters. The number of aromatic nitrogens is 4. The van der Waals surface area contributed by atoms with Gasteiger partial charge in [0.05, 0.1) is 3.79 Å². The van der Waals surface area contributed by atoms with Gasteiger partial charge in [-0.25, -0.2) is 0 Å². The number of hydrogen-bond acceptors (Lipinski definition) is 6. The minimum absolute atomic E-state index is 0.377. The molecule has 1 N–H and O–H groups in total. The predicted molar refractivity (Wildman–Crippen MR) is 61.2 cm³/mol. The quantitative estimate of drug-likeness (QED) is 0.857. The number of thiophene rings is 1. The number of rotatable bonds is 2. The van der Waals surface area contributed by atoms with Crippen LogP contribution in [0.1, 0.15) is 12.5 Å². The van der Waals surface area contributed by atoms with Gasteiger partial charge in [-0.1, -0.05) is 0 Å². The Bertz CT molecular complexity index is 522. The van der Waals surface area contributed by atoms with Crippen LogP contribution in [0.4, 0.5) is 0 Å². The van der Waals surface area contributed by atoms with Gasteiger partial charge in [0.25, 0.3) is 0 Å². The maximum absolute atomic E-state index is 11.0. The van der Waals surface area contributed by atoms with Gasteiger partial charge in [0.2, 0.25) is 5.82 Å². The van der Waals surface area contributed by atoms with Crippen LogP contribution in [0.2, 0.25) is 0 Å². The third-order valence-corrected chi connectivity index (χ3v) is 3.97. The van der Waals surface area contributed by atoms with Crippen molar-refractivity contribution in [2.45, 2.75) is 13.8 Å². The zero-order valence-electron chi connectivity index (χ0n) is 8.44. The van der Waals surface area contributed by atoms with Gasteiger partial charge in [0, 0.05) is 12.5 Å². The molecular formula is C8H7BrN4O2S. The number of nitrogens with zero attached hydrogens (tertiary/aromatic N) is 3. The van der Waals surface area contributed by atoms with E-state index in [4.69, 9.17) is 4.74 Å². The molecule has 0 atom stereocenters. The number of H-pyrrole nitrogens is 1. The number of esters is 1. The maximum Gasteiger partial charge on any atom is 0.308 e. The zero-order chi connectivity index (χ0) is 11.7. The summed E-state index contributed by atoms with van der Waals surface area (Å²) in [5.74, 6) is 0.513. The van der Waals surface area contributed by atoms with E-state index < -0.39 is 0 Å². The van der Waals surface area contributed by atoms with E-state index in [0.717, 1.165) is 9.35 Å². The van der Waals surface area contributed by atoms with Crippen molar-refractivity contribution < 1.29 is 9.53 Å². The average molecular weight is 303 g/mol. The van der Waals surface area contributed by atoms with E-state index in [-0.39, 0.29) is 5.97 Å². The van der Waals surface area contributed by atoms with E-state index in [9.17, 15) is 4.79 Å². The molecule has 84 valence electrons. The summed E-state index contributed by atoms with van der Waals surface area (Å²) in [6, 6.07) is 0. The Morgan fingerprint density at radius 1 is 1.56 bits per heavy atom. The van der Waals surface area contributed by atoms with Crippen LogP contribution in [-0.4, -0.2) is 26.6 Å². The van der Waals surface area contributed by atoms with Crippen LogP contribution in [0, 0.1) is 6.92 Å². The highest BCUT2D eigenvalue weighted by molar-refractivity contribution is 9.11. The van der Waals surface area contributed by atoms with E-state index in [1.807, 2.05) is 6.92 Å². The smallest absolute Gasteiger partial charge is 0.308 e. The first kappa shape index (κ1) is 11.2. The lowest BCUT2D eigenvalue weighted by Gasteiger charge is -2.01. The van der Waals surface area contributed by atoms with Crippen molar-refractivity contribution in [1.29, 1.82) is 0 Å². The summed E-state index contributed by atoms with van der Waals surface area (Å²) < 4.78 is 6.02. The molecule has 2 aromatic rings. The number of tetrazole rings is 1. The SMILES string of the molecule is CC(=O)Oc1c(-c2nn[nH]n2)sc(Br)c1C. The van der Waals surface area contributed by atoms with Crippen molar-refractivity contribution in [2.24, 2.45) is 0 Å². The van der Waals surface area contributed by atoms with E-state index in [1.165, 1.54) is 18.3 Å². The molecule has 0 saturated heterocycles. The summed E-state index contributed by atoms with van der Waals surface area (Å²) in [6.45, 7) is 3.20. The average Bonchev–Trinajstić information content (AvgIpc) is 2.81. The van der Waals surface area contributed by atoms with Gasteiger partial charge in [0.1, 0.15) is 4.88 Å². The molecule has 8 heteroatoms. The summed E-state index contributed by atoms with van der Waals surface area (Å²) in [4.78, 5) is 11.7. The fourth-order valence-electron chi connectivity index (χ4n) is 1.14. The van der Waals surface area contributed by atoms with E-state index in [2.05, 4.69) is 36.6 Å². The molecule has 0 aliphatic carbocycles. The minimum atomic E-state index is -0.377. The highest BCUT2D eigenvalue weighted by atomic mass is 79.9. The van der Waals surface area contributed by atoms with Gasteiger partial charge in [-0.15, -0.1) is 21.5 Å². The molecule has 0 spiro atoms. The van der Waals surface area contributed by atoms with Gasteiger partial charge < -0.3 is 4.74 Å². The fraction of sp³-hybridized carbons (Fsp3) is 0.250. The lowest BCUT2D eigenvalue weighted by Crippen LogP contribution is -2.02. The van der Waals surface area contributed by atoms with E-state index in [1.54, 1.807) is 0 Å². The number of carbonyl (C=O) groups excluding carboxylic acids is 1. The number of nitrogens with one attached hydrogen (secondary N) is 1. The molecule has 0 aliphatic rings. The molecule has 0 aromatic carbocycles. The van der Waals surface area contributed by atoms with Crippen molar-refractivity contribution in [3.8, 4) is 16.5 Å². The molecular weight excluding hydrogens is 296 g/mol. The molecule has 0 bridgehead atoms. The van der Waals surface area contributed by atoms with Crippen LogP contribution in [0.25, 0.3) is 10.7 Å². The van der Waals surface area contributed by atoms with Crippen LogP contribution in [-0.2, 0) is 4.79 Å². The van der Waals surface area contributed by atoms with Gasteiger partial charge in [0.15, 0.2) is 5.75 Å². The van der Waals surface area contributed by atoms with E-state index in [0.29, 0.717) is 16.5 Å². The summed E-state index contributed by atoms with van der Waals surface area (Å²) in [5, 5.41) is 13.6. The van der Waals surface area contributed by atoms with Crippen LogP contribution in [0.15, 0.2) is 3.79 Å². The molecule has 0 radical (unpaired) electrons. The lowest BCUT2D eigenvalue weighted by molar-refractivity contribution is -0.131. The third kappa shape index (κ3) is 1.98. The number of ether oxygens (including phenoxy) is 1. The first-order valence-corrected chi connectivity index (χ1v) is 5.91. The second-order valence-electron chi connectivity index (χ2n) is 2.99.